The van der Waals surface area contributed by atoms with E-state index in [9.17, 15) is 8.42 Å². The van der Waals surface area contributed by atoms with Crippen molar-refractivity contribution in [1.29, 1.82) is 0 Å². The fourth-order valence-electron chi connectivity index (χ4n) is 1.59. The lowest BCUT2D eigenvalue weighted by atomic mass is 10.1. The summed E-state index contributed by atoms with van der Waals surface area (Å²) >= 11 is 8.05. The number of thiocarbonyl (C=S) groups is 1. The van der Waals surface area contributed by atoms with E-state index in [0.717, 1.165) is 11.1 Å². The summed E-state index contributed by atoms with van der Waals surface area (Å²) in [7, 11) is -3.60. The van der Waals surface area contributed by atoms with Gasteiger partial charge in [0.25, 0.3) is 0 Å². The van der Waals surface area contributed by atoms with Gasteiger partial charge in [-0.1, -0.05) is 36.5 Å². The summed E-state index contributed by atoms with van der Waals surface area (Å²) in [6.45, 7) is 0.173. The maximum absolute atomic E-state index is 12.1. The largest absolute Gasteiger partial charge is 0.389 e. The van der Waals surface area contributed by atoms with Crippen LogP contribution >= 0.6 is 28.1 Å². The van der Waals surface area contributed by atoms with Crippen LogP contribution in [0.3, 0.4) is 0 Å². The quantitative estimate of drug-likeness (QED) is 0.768. The smallest absolute Gasteiger partial charge is 0.242 e. The topological polar surface area (TPSA) is 85.1 Å². The van der Waals surface area contributed by atoms with Gasteiger partial charge >= 0.3 is 0 Å². The molecule has 8 heteroatoms. The van der Waals surface area contributed by atoms with Gasteiger partial charge in [-0.3, -0.25) is 4.98 Å². The summed E-state index contributed by atoms with van der Waals surface area (Å²) in [4.78, 5) is 4.26. The molecule has 0 saturated carbocycles. The van der Waals surface area contributed by atoms with Gasteiger partial charge in [0.15, 0.2) is 0 Å². The van der Waals surface area contributed by atoms with E-state index in [2.05, 4.69) is 25.6 Å². The summed E-state index contributed by atoms with van der Waals surface area (Å²) in [5.41, 5.74) is 7.06. The summed E-state index contributed by atoms with van der Waals surface area (Å²) in [6.07, 6.45) is 2.82. The molecule has 1 heterocycles. The lowest BCUT2D eigenvalue weighted by Gasteiger charge is -2.07. The second kappa shape index (κ2) is 6.61. The number of sulfonamides is 1. The van der Waals surface area contributed by atoms with Gasteiger partial charge in [0.2, 0.25) is 10.0 Å². The van der Waals surface area contributed by atoms with Crippen molar-refractivity contribution in [2.45, 2.75) is 11.4 Å². The summed E-state index contributed by atoms with van der Waals surface area (Å²) in [6, 6.07) is 8.55. The Bertz CT molecular complexity index is 761. The third kappa shape index (κ3) is 4.31. The van der Waals surface area contributed by atoms with Crippen molar-refractivity contribution in [2.75, 3.05) is 0 Å². The monoisotopic (exact) mass is 385 g/mol. The maximum Gasteiger partial charge on any atom is 0.242 e. The van der Waals surface area contributed by atoms with Gasteiger partial charge in [0.1, 0.15) is 9.88 Å². The highest BCUT2D eigenvalue weighted by Gasteiger charge is 2.14. The molecule has 110 valence electrons. The van der Waals surface area contributed by atoms with Crippen molar-refractivity contribution < 1.29 is 8.42 Å². The molecule has 0 amide bonds. The average Bonchev–Trinajstić information content (AvgIpc) is 2.45. The summed E-state index contributed by atoms with van der Waals surface area (Å²) in [5.74, 6) is 0. The number of pyridine rings is 1. The minimum Gasteiger partial charge on any atom is -0.389 e. The molecule has 0 atom stereocenters. The highest BCUT2D eigenvalue weighted by molar-refractivity contribution is 9.10. The number of benzene rings is 1. The van der Waals surface area contributed by atoms with Crippen LogP contribution in [-0.4, -0.2) is 18.4 Å². The normalized spacial score (nSPS) is 11.3. The van der Waals surface area contributed by atoms with Gasteiger partial charge < -0.3 is 5.73 Å². The minimum absolute atomic E-state index is 0.108. The highest BCUT2D eigenvalue weighted by Crippen LogP contribution is 2.14. The Morgan fingerprint density at radius 3 is 2.52 bits per heavy atom. The zero-order valence-corrected chi connectivity index (χ0v) is 14.0. The van der Waals surface area contributed by atoms with Gasteiger partial charge in [-0.2, -0.15) is 0 Å². The first-order valence-electron chi connectivity index (χ1n) is 5.87. The number of rotatable bonds is 5. The van der Waals surface area contributed by atoms with Crippen LogP contribution in [0.1, 0.15) is 11.1 Å². The van der Waals surface area contributed by atoms with Crippen LogP contribution in [0.15, 0.2) is 52.1 Å². The average molecular weight is 386 g/mol. The molecular weight excluding hydrogens is 374 g/mol. The van der Waals surface area contributed by atoms with E-state index >= 15 is 0 Å². The van der Waals surface area contributed by atoms with Crippen molar-refractivity contribution in [3.05, 3.63) is 58.3 Å². The van der Waals surface area contributed by atoms with E-state index < -0.39 is 10.0 Å². The third-order valence-electron chi connectivity index (χ3n) is 2.69. The van der Waals surface area contributed by atoms with Crippen LogP contribution in [0, 0.1) is 0 Å². The first kappa shape index (κ1) is 16.0. The van der Waals surface area contributed by atoms with E-state index in [1.54, 1.807) is 24.3 Å². The molecule has 5 nitrogen and oxygen atoms in total. The van der Waals surface area contributed by atoms with Crippen molar-refractivity contribution in [3.8, 4) is 0 Å². The number of nitrogens with one attached hydrogen (secondary N) is 1. The molecule has 2 aromatic rings. The maximum atomic E-state index is 12.1. The second-order valence-electron chi connectivity index (χ2n) is 4.22. The Morgan fingerprint density at radius 2 is 1.95 bits per heavy atom. The molecule has 2 rings (SSSR count). The van der Waals surface area contributed by atoms with E-state index in [4.69, 9.17) is 18.0 Å². The van der Waals surface area contributed by atoms with Crippen LogP contribution in [-0.2, 0) is 16.6 Å². The second-order valence-corrected chi connectivity index (χ2v) is 7.35. The van der Waals surface area contributed by atoms with Gasteiger partial charge in [0.05, 0.1) is 0 Å². The Morgan fingerprint density at radius 1 is 1.29 bits per heavy atom. The van der Waals surface area contributed by atoms with Gasteiger partial charge in [-0.25, -0.2) is 13.1 Å². The molecule has 3 N–H and O–H groups in total. The fraction of sp³-hybridized carbons (Fsp3) is 0.0769. The van der Waals surface area contributed by atoms with Crippen molar-refractivity contribution in [2.24, 2.45) is 5.73 Å². The van der Waals surface area contributed by atoms with Gasteiger partial charge in [0, 0.05) is 29.0 Å². The van der Waals surface area contributed by atoms with E-state index in [1.165, 1.54) is 18.5 Å². The number of halogens is 1. The van der Waals surface area contributed by atoms with Crippen molar-refractivity contribution >= 4 is 43.2 Å². The molecule has 21 heavy (non-hydrogen) atoms. The Hall–Kier alpha value is -1.35. The van der Waals surface area contributed by atoms with E-state index in [-0.39, 0.29) is 11.4 Å². The van der Waals surface area contributed by atoms with E-state index in [1.807, 2.05) is 0 Å². The molecule has 1 aromatic carbocycles. The molecule has 1 aromatic heterocycles. The molecule has 0 unspecified atom stereocenters. The zero-order valence-electron chi connectivity index (χ0n) is 10.8. The predicted molar refractivity (Wildman–Crippen MR) is 88.3 cm³/mol. The van der Waals surface area contributed by atoms with Crippen LogP contribution in [0.5, 0.6) is 0 Å². The van der Waals surface area contributed by atoms with E-state index in [0.29, 0.717) is 9.46 Å². The predicted octanol–water partition coefficient (Wildman–Crippen LogP) is 1.96. The van der Waals surface area contributed by atoms with Gasteiger partial charge in [-0.05, 0) is 27.6 Å². The molecule has 0 aliphatic carbocycles. The molecular formula is C13H12BrN3O2S2. The molecule has 0 bridgehead atoms. The lowest BCUT2D eigenvalue weighted by Crippen LogP contribution is -2.23. The standard InChI is InChI=1S/C13H12BrN3O2S2/c14-11-5-12(8-16-7-11)21(18,19)17-6-9-1-3-10(4-2-9)13(15)20/h1-5,7-8,17H,6H2,(H2,15,20). The van der Waals surface area contributed by atoms with Crippen molar-refractivity contribution in [3.63, 3.8) is 0 Å². The number of hydrogen-bond donors (Lipinski definition) is 2. The Balaban J connectivity index is 2.10. The Labute approximate surface area is 136 Å². The Kier molecular flexibility index (Phi) is 5.04. The summed E-state index contributed by atoms with van der Waals surface area (Å²) in [5, 5.41) is 0. The van der Waals surface area contributed by atoms with Crippen LogP contribution < -0.4 is 10.5 Å². The molecule has 0 radical (unpaired) electrons. The molecule has 0 aliphatic heterocycles. The fourth-order valence-corrected chi connectivity index (χ4v) is 3.25. The van der Waals surface area contributed by atoms with Crippen LogP contribution in [0.4, 0.5) is 0 Å². The number of nitrogens with zero attached hydrogens (tertiary/aromatic N) is 1. The third-order valence-corrected chi connectivity index (χ3v) is 4.73. The molecule has 0 aliphatic rings. The summed E-state index contributed by atoms with van der Waals surface area (Å²) < 4.78 is 27.4. The lowest BCUT2D eigenvalue weighted by molar-refractivity contribution is 0.581. The zero-order chi connectivity index (χ0) is 15.5. The number of aromatic nitrogens is 1. The van der Waals surface area contributed by atoms with Gasteiger partial charge in [-0.15, -0.1) is 0 Å². The molecule has 0 saturated heterocycles. The first-order chi connectivity index (χ1) is 9.88. The number of nitrogens with two attached hydrogens (primary N) is 1. The minimum atomic E-state index is -3.60. The van der Waals surface area contributed by atoms with Crippen LogP contribution in [0.25, 0.3) is 0 Å². The highest BCUT2D eigenvalue weighted by atomic mass is 79.9. The molecule has 0 fully saturated rings. The first-order valence-corrected chi connectivity index (χ1v) is 8.56. The van der Waals surface area contributed by atoms with Crippen molar-refractivity contribution in [1.82, 2.24) is 9.71 Å². The SMILES string of the molecule is NC(=S)c1ccc(CNS(=O)(=O)c2cncc(Br)c2)cc1. The van der Waals surface area contributed by atoms with Crippen LogP contribution in [0.2, 0.25) is 0 Å². The number of hydrogen-bond acceptors (Lipinski definition) is 4. The molecule has 0 spiro atoms.